The Labute approximate surface area is 250 Å². The van der Waals surface area contributed by atoms with E-state index in [4.69, 9.17) is 25.3 Å². The SMILES string of the molecule is COc1ccc(C(OC(O)C(CO)OCn2cnc3c(N=[N+]=[N-])nc(N=[N+]=[N-])nc32)(c2ccccc2)c2ccccc2)cc1. The molecule has 2 aromatic heterocycles. The van der Waals surface area contributed by atoms with E-state index >= 15 is 0 Å². The maximum atomic E-state index is 11.5. The second-order valence-electron chi connectivity index (χ2n) is 9.28. The lowest BCUT2D eigenvalue weighted by Crippen LogP contribution is -2.43. The minimum Gasteiger partial charge on any atom is -0.497 e. The van der Waals surface area contributed by atoms with E-state index < -0.39 is 24.6 Å². The van der Waals surface area contributed by atoms with Gasteiger partial charge in [-0.2, -0.15) is 0 Å². The predicted molar refractivity (Wildman–Crippen MR) is 158 cm³/mol. The monoisotopic (exact) mass is 594 g/mol. The molecule has 15 heteroatoms. The Hall–Kier alpha value is -5.53. The van der Waals surface area contributed by atoms with Gasteiger partial charge in [-0.15, -0.1) is 0 Å². The Balaban J connectivity index is 1.51. The topological polar surface area (TPSA) is 209 Å². The Bertz CT molecular complexity index is 1770. The molecule has 2 heterocycles. The van der Waals surface area contributed by atoms with Crippen LogP contribution < -0.4 is 4.74 Å². The summed E-state index contributed by atoms with van der Waals surface area (Å²) in [5, 5.41) is 28.7. The van der Waals surface area contributed by atoms with E-state index in [9.17, 15) is 10.2 Å². The number of hydrogen-bond donors (Lipinski definition) is 2. The molecular formula is C29H26N10O5. The highest BCUT2D eigenvalue weighted by Gasteiger charge is 2.41. The third kappa shape index (κ3) is 6.00. The zero-order chi connectivity index (χ0) is 30.9. The molecule has 0 saturated heterocycles. The van der Waals surface area contributed by atoms with Gasteiger partial charge < -0.3 is 24.4 Å². The number of methoxy groups -OCH3 is 1. The largest absolute Gasteiger partial charge is 0.497 e. The highest BCUT2D eigenvalue weighted by molar-refractivity contribution is 5.82. The minimum atomic E-state index is -1.65. The lowest BCUT2D eigenvalue weighted by atomic mass is 9.80. The van der Waals surface area contributed by atoms with Crippen molar-refractivity contribution < 1.29 is 24.4 Å². The lowest BCUT2D eigenvalue weighted by molar-refractivity contribution is -0.231. The zero-order valence-corrected chi connectivity index (χ0v) is 23.3. The van der Waals surface area contributed by atoms with Crippen LogP contribution in [0.5, 0.6) is 5.75 Å². The van der Waals surface area contributed by atoms with Gasteiger partial charge in [0.1, 0.15) is 29.7 Å². The molecule has 3 aromatic carbocycles. The average molecular weight is 595 g/mol. The highest BCUT2D eigenvalue weighted by atomic mass is 16.6. The van der Waals surface area contributed by atoms with Gasteiger partial charge in [0, 0.05) is 9.82 Å². The van der Waals surface area contributed by atoms with Gasteiger partial charge in [0.05, 0.1) is 20.0 Å². The fraction of sp³-hybridized carbons (Fsp3) is 0.207. The molecule has 0 aliphatic heterocycles. The number of ether oxygens (including phenoxy) is 3. The van der Waals surface area contributed by atoms with Crippen LogP contribution in [0.4, 0.5) is 11.8 Å². The maximum absolute atomic E-state index is 11.5. The Kier molecular flexibility index (Phi) is 9.28. The van der Waals surface area contributed by atoms with E-state index in [1.807, 2.05) is 72.8 Å². The van der Waals surface area contributed by atoms with E-state index in [0.29, 0.717) is 11.3 Å². The lowest BCUT2D eigenvalue weighted by Gasteiger charge is -2.39. The standard InChI is InChI=1S/C29H26N10O5/c1-42-22-14-12-21(13-15-22)29(19-8-4-2-5-9-19,20-10-6-3-7-11-20)44-27(41)23(16-40)43-18-39-17-32-24-25(35-37-30)33-28(36-38-31)34-26(24)39/h2-15,17,23,27,40-41H,16,18H2,1H3. The van der Waals surface area contributed by atoms with Gasteiger partial charge in [-0.3, -0.25) is 4.57 Å². The fourth-order valence-electron chi connectivity index (χ4n) is 4.74. The summed E-state index contributed by atoms with van der Waals surface area (Å²) in [7, 11) is 1.57. The fourth-order valence-corrected chi connectivity index (χ4v) is 4.74. The summed E-state index contributed by atoms with van der Waals surface area (Å²) in [4.78, 5) is 17.6. The number of rotatable bonds is 13. The van der Waals surface area contributed by atoms with Crippen LogP contribution in [0.1, 0.15) is 16.7 Å². The van der Waals surface area contributed by atoms with Crippen molar-refractivity contribution in [2.45, 2.75) is 24.7 Å². The van der Waals surface area contributed by atoms with Gasteiger partial charge in [0.25, 0.3) is 0 Å². The highest BCUT2D eigenvalue weighted by Crippen LogP contribution is 2.42. The normalized spacial score (nSPS) is 12.6. The van der Waals surface area contributed by atoms with E-state index in [0.717, 1.165) is 11.1 Å². The van der Waals surface area contributed by atoms with Gasteiger partial charge in [-0.1, -0.05) is 72.8 Å². The second-order valence-corrected chi connectivity index (χ2v) is 9.28. The Morgan fingerprint density at radius 1 is 0.886 bits per heavy atom. The van der Waals surface area contributed by atoms with Gasteiger partial charge in [-0.05, 0) is 50.1 Å². The number of aromatic nitrogens is 4. The number of imidazole rings is 1. The maximum Gasteiger partial charge on any atom is 0.219 e. The molecule has 0 fully saturated rings. The molecule has 0 aliphatic rings. The molecule has 0 saturated carbocycles. The van der Waals surface area contributed by atoms with E-state index in [2.05, 4.69) is 35.0 Å². The van der Waals surface area contributed by atoms with E-state index in [-0.39, 0.29) is 29.7 Å². The van der Waals surface area contributed by atoms with Crippen LogP contribution in [0.2, 0.25) is 0 Å². The molecule has 15 nitrogen and oxygen atoms in total. The minimum absolute atomic E-state index is 0.132. The van der Waals surface area contributed by atoms with Crippen molar-refractivity contribution >= 4 is 22.9 Å². The molecule has 0 amide bonds. The van der Waals surface area contributed by atoms with Crippen LogP contribution in [-0.4, -0.2) is 55.8 Å². The van der Waals surface area contributed by atoms with Crippen molar-refractivity contribution in [3.8, 4) is 5.75 Å². The quantitative estimate of drug-likeness (QED) is 0.0592. The van der Waals surface area contributed by atoms with E-state index in [1.54, 1.807) is 19.2 Å². The molecule has 2 N–H and O–H groups in total. The molecule has 0 spiro atoms. The molecule has 222 valence electrons. The predicted octanol–water partition coefficient (Wildman–Crippen LogP) is 5.38. The first-order valence-electron chi connectivity index (χ1n) is 13.2. The van der Waals surface area contributed by atoms with Crippen LogP contribution in [0.15, 0.2) is 101 Å². The summed E-state index contributed by atoms with van der Waals surface area (Å²) in [5.41, 5.74) is 18.8. The first-order valence-corrected chi connectivity index (χ1v) is 13.2. The smallest absolute Gasteiger partial charge is 0.219 e. The zero-order valence-electron chi connectivity index (χ0n) is 23.3. The van der Waals surface area contributed by atoms with Crippen molar-refractivity contribution in [3.05, 3.63) is 129 Å². The van der Waals surface area contributed by atoms with Crippen LogP contribution in [0.25, 0.3) is 32.0 Å². The molecule has 0 radical (unpaired) electrons. The van der Waals surface area contributed by atoms with Crippen LogP contribution >= 0.6 is 0 Å². The summed E-state index contributed by atoms with van der Waals surface area (Å²) < 4.78 is 19.2. The summed E-state index contributed by atoms with van der Waals surface area (Å²) >= 11 is 0. The molecule has 2 unspecified atom stereocenters. The first-order chi connectivity index (χ1) is 21.5. The number of hydrogen-bond acceptors (Lipinski definition) is 10. The number of nitrogens with zero attached hydrogens (tertiary/aromatic N) is 10. The molecule has 5 aromatic rings. The molecule has 0 bridgehead atoms. The summed E-state index contributed by atoms with van der Waals surface area (Å²) in [6.45, 7) is -0.879. The van der Waals surface area contributed by atoms with Gasteiger partial charge >= 0.3 is 0 Å². The summed E-state index contributed by atoms with van der Waals surface area (Å²) in [6, 6.07) is 26.1. The van der Waals surface area contributed by atoms with Crippen molar-refractivity contribution in [3.63, 3.8) is 0 Å². The Morgan fingerprint density at radius 3 is 2.07 bits per heavy atom. The molecule has 5 rings (SSSR count). The van der Waals surface area contributed by atoms with Gasteiger partial charge in [0.2, 0.25) is 5.95 Å². The average Bonchev–Trinajstić information content (AvgIpc) is 3.48. The van der Waals surface area contributed by atoms with Gasteiger partial charge in [-0.25, -0.2) is 15.0 Å². The molecule has 0 aliphatic carbocycles. The molecular weight excluding hydrogens is 568 g/mol. The van der Waals surface area contributed by atoms with Crippen molar-refractivity contribution in [2.24, 2.45) is 10.2 Å². The molecule has 44 heavy (non-hydrogen) atoms. The van der Waals surface area contributed by atoms with Crippen LogP contribution in [0, 0.1) is 0 Å². The Morgan fingerprint density at radius 2 is 1.50 bits per heavy atom. The first kappa shape index (κ1) is 29.9. The number of aliphatic hydroxyl groups is 2. The summed E-state index contributed by atoms with van der Waals surface area (Å²) in [6.07, 6.45) is -1.55. The van der Waals surface area contributed by atoms with Crippen LogP contribution in [0.3, 0.4) is 0 Å². The number of fused-ring (bicyclic) bond motifs is 1. The number of azide groups is 2. The van der Waals surface area contributed by atoms with Crippen molar-refractivity contribution in [2.75, 3.05) is 13.7 Å². The van der Waals surface area contributed by atoms with Crippen LogP contribution in [-0.2, 0) is 21.8 Å². The molecule has 2 atom stereocenters. The van der Waals surface area contributed by atoms with Gasteiger partial charge in [0.15, 0.2) is 17.8 Å². The van der Waals surface area contributed by atoms with E-state index in [1.165, 1.54) is 10.9 Å². The summed E-state index contributed by atoms with van der Waals surface area (Å²) in [5.74, 6) is 0.210. The second kappa shape index (κ2) is 13.6. The third-order valence-corrected chi connectivity index (χ3v) is 6.79. The number of aliphatic hydroxyl groups excluding tert-OH is 2. The third-order valence-electron chi connectivity index (χ3n) is 6.79. The number of benzene rings is 3. The van der Waals surface area contributed by atoms with Crippen molar-refractivity contribution in [1.29, 1.82) is 0 Å². The van der Waals surface area contributed by atoms with Crippen molar-refractivity contribution in [1.82, 2.24) is 19.5 Å².